The van der Waals surface area contributed by atoms with Crippen molar-refractivity contribution in [3.05, 3.63) is 6.92 Å². The molecule has 1 saturated heterocycles. The predicted octanol–water partition coefficient (Wildman–Crippen LogP) is -0.243. The highest BCUT2D eigenvalue weighted by atomic mass is 14.9. The van der Waals surface area contributed by atoms with Gasteiger partial charge in [0.15, 0.2) is 0 Å². The Kier molecular flexibility index (Phi) is 1.86. The van der Waals surface area contributed by atoms with Crippen LogP contribution in [0.5, 0.6) is 0 Å². The van der Waals surface area contributed by atoms with E-state index in [4.69, 9.17) is 5.73 Å². The van der Waals surface area contributed by atoms with E-state index < -0.39 is 0 Å². The SMILES string of the molecule is [CH2]C1CCNCC1N. The molecule has 0 aromatic heterocycles. The molecule has 0 spiro atoms. The third-order valence-electron chi connectivity index (χ3n) is 1.68. The molecule has 2 heteroatoms. The molecule has 0 aromatic carbocycles. The van der Waals surface area contributed by atoms with Gasteiger partial charge in [-0.2, -0.15) is 0 Å². The summed E-state index contributed by atoms with van der Waals surface area (Å²) < 4.78 is 0. The molecule has 0 amide bonds. The Morgan fingerprint density at radius 3 is 2.75 bits per heavy atom. The Morgan fingerprint density at radius 1 is 1.62 bits per heavy atom. The second-order valence-electron chi connectivity index (χ2n) is 2.42. The molecule has 1 fully saturated rings. The van der Waals surface area contributed by atoms with Crippen LogP contribution in [-0.4, -0.2) is 19.1 Å². The maximum atomic E-state index is 5.65. The van der Waals surface area contributed by atoms with Crippen molar-refractivity contribution >= 4 is 0 Å². The van der Waals surface area contributed by atoms with Crippen LogP contribution in [0.25, 0.3) is 0 Å². The molecule has 1 rings (SSSR count). The summed E-state index contributed by atoms with van der Waals surface area (Å²) in [6, 6.07) is 0.281. The van der Waals surface area contributed by atoms with Gasteiger partial charge < -0.3 is 11.1 Å². The summed E-state index contributed by atoms with van der Waals surface area (Å²) in [6.45, 7) is 5.94. The highest BCUT2D eigenvalue weighted by molar-refractivity contribution is 4.81. The van der Waals surface area contributed by atoms with E-state index in [9.17, 15) is 0 Å². The van der Waals surface area contributed by atoms with E-state index in [0.717, 1.165) is 19.5 Å². The van der Waals surface area contributed by atoms with Gasteiger partial charge in [-0.3, -0.25) is 0 Å². The normalized spacial score (nSPS) is 39.8. The van der Waals surface area contributed by atoms with Crippen molar-refractivity contribution in [2.75, 3.05) is 13.1 Å². The van der Waals surface area contributed by atoms with E-state index in [1.807, 2.05) is 0 Å². The lowest BCUT2D eigenvalue weighted by atomic mass is 9.96. The highest BCUT2D eigenvalue weighted by Gasteiger charge is 2.15. The van der Waals surface area contributed by atoms with Gasteiger partial charge in [-0.1, -0.05) is 0 Å². The van der Waals surface area contributed by atoms with Crippen molar-refractivity contribution in [2.45, 2.75) is 12.5 Å². The zero-order chi connectivity index (χ0) is 5.98. The van der Waals surface area contributed by atoms with Gasteiger partial charge in [0.1, 0.15) is 0 Å². The summed E-state index contributed by atoms with van der Waals surface area (Å²) in [6.07, 6.45) is 1.13. The first-order valence-corrected chi connectivity index (χ1v) is 3.10. The van der Waals surface area contributed by atoms with Crippen LogP contribution < -0.4 is 11.1 Å². The van der Waals surface area contributed by atoms with Crippen LogP contribution in [0.4, 0.5) is 0 Å². The van der Waals surface area contributed by atoms with E-state index >= 15 is 0 Å². The molecule has 2 atom stereocenters. The molecule has 0 aliphatic carbocycles. The zero-order valence-corrected chi connectivity index (χ0v) is 5.06. The molecule has 1 aliphatic heterocycles. The molecule has 1 radical (unpaired) electrons. The number of nitrogens with two attached hydrogens (primary N) is 1. The molecule has 0 aromatic rings. The van der Waals surface area contributed by atoms with Crippen molar-refractivity contribution < 1.29 is 0 Å². The molecule has 1 heterocycles. The van der Waals surface area contributed by atoms with E-state index in [1.165, 1.54) is 0 Å². The Balaban J connectivity index is 2.28. The first-order chi connectivity index (χ1) is 3.80. The van der Waals surface area contributed by atoms with E-state index in [0.29, 0.717) is 5.92 Å². The molecule has 3 N–H and O–H groups in total. The standard InChI is InChI=1S/C6H13N2/c1-5-2-3-8-4-6(5)7/h5-6,8H,1-4,7H2. The molecule has 2 nitrogen and oxygen atoms in total. The molecule has 0 saturated carbocycles. The Hall–Kier alpha value is -0.0800. The third kappa shape index (κ3) is 1.20. The average molecular weight is 113 g/mol. The number of piperidine rings is 1. The van der Waals surface area contributed by atoms with Gasteiger partial charge in [0.2, 0.25) is 0 Å². The van der Waals surface area contributed by atoms with Crippen molar-refractivity contribution in [1.29, 1.82) is 0 Å². The Labute approximate surface area is 50.4 Å². The van der Waals surface area contributed by atoms with E-state index in [1.54, 1.807) is 0 Å². The number of nitrogens with one attached hydrogen (secondary N) is 1. The van der Waals surface area contributed by atoms with Crippen LogP contribution in [0.2, 0.25) is 0 Å². The van der Waals surface area contributed by atoms with Crippen LogP contribution in [0, 0.1) is 12.8 Å². The van der Waals surface area contributed by atoms with Crippen molar-refractivity contribution in [1.82, 2.24) is 5.32 Å². The monoisotopic (exact) mass is 113 g/mol. The summed E-state index contributed by atoms with van der Waals surface area (Å²) in [5.41, 5.74) is 5.65. The number of hydrogen-bond acceptors (Lipinski definition) is 2. The summed E-state index contributed by atoms with van der Waals surface area (Å²) in [4.78, 5) is 0. The predicted molar refractivity (Wildman–Crippen MR) is 34.3 cm³/mol. The van der Waals surface area contributed by atoms with Gasteiger partial charge in [-0.25, -0.2) is 0 Å². The summed E-state index contributed by atoms with van der Waals surface area (Å²) in [7, 11) is 0. The van der Waals surface area contributed by atoms with Crippen LogP contribution in [-0.2, 0) is 0 Å². The van der Waals surface area contributed by atoms with Crippen molar-refractivity contribution in [3.8, 4) is 0 Å². The molecule has 47 valence electrons. The zero-order valence-electron chi connectivity index (χ0n) is 5.06. The lowest BCUT2D eigenvalue weighted by Gasteiger charge is -2.25. The van der Waals surface area contributed by atoms with Gasteiger partial charge in [-0.15, -0.1) is 0 Å². The Bertz CT molecular complexity index is 62.9. The molecule has 8 heavy (non-hydrogen) atoms. The summed E-state index contributed by atoms with van der Waals surface area (Å²) >= 11 is 0. The number of hydrogen-bond donors (Lipinski definition) is 2. The second-order valence-corrected chi connectivity index (χ2v) is 2.42. The largest absolute Gasteiger partial charge is 0.326 e. The highest BCUT2D eigenvalue weighted by Crippen LogP contribution is 2.07. The van der Waals surface area contributed by atoms with Crippen LogP contribution in [0.15, 0.2) is 0 Å². The first-order valence-electron chi connectivity index (χ1n) is 3.10. The first kappa shape index (κ1) is 6.05. The van der Waals surface area contributed by atoms with Crippen LogP contribution in [0.3, 0.4) is 0 Å². The lowest BCUT2D eigenvalue weighted by molar-refractivity contribution is 0.377. The molecule has 0 bridgehead atoms. The van der Waals surface area contributed by atoms with E-state index in [-0.39, 0.29) is 6.04 Å². The maximum absolute atomic E-state index is 5.65. The topological polar surface area (TPSA) is 38.0 Å². The minimum Gasteiger partial charge on any atom is -0.326 e. The van der Waals surface area contributed by atoms with Crippen LogP contribution >= 0.6 is 0 Å². The fourth-order valence-electron chi connectivity index (χ4n) is 0.937. The molecule has 2 unspecified atom stereocenters. The fourth-order valence-corrected chi connectivity index (χ4v) is 0.937. The lowest BCUT2D eigenvalue weighted by Crippen LogP contribution is -2.44. The maximum Gasteiger partial charge on any atom is 0.0194 e. The molecule has 1 aliphatic rings. The van der Waals surface area contributed by atoms with Gasteiger partial charge in [-0.05, 0) is 25.8 Å². The fraction of sp³-hybridized carbons (Fsp3) is 0.833. The molecular formula is C6H13N2. The summed E-state index contributed by atoms with van der Waals surface area (Å²) in [5, 5.41) is 3.20. The second kappa shape index (κ2) is 2.46. The van der Waals surface area contributed by atoms with Crippen LogP contribution in [0.1, 0.15) is 6.42 Å². The van der Waals surface area contributed by atoms with Gasteiger partial charge in [0.25, 0.3) is 0 Å². The van der Waals surface area contributed by atoms with Gasteiger partial charge in [0.05, 0.1) is 0 Å². The van der Waals surface area contributed by atoms with Crippen molar-refractivity contribution in [3.63, 3.8) is 0 Å². The number of rotatable bonds is 0. The third-order valence-corrected chi connectivity index (χ3v) is 1.68. The van der Waals surface area contributed by atoms with E-state index in [2.05, 4.69) is 12.2 Å². The minimum atomic E-state index is 0.281. The van der Waals surface area contributed by atoms with Crippen molar-refractivity contribution in [2.24, 2.45) is 11.7 Å². The quantitative estimate of drug-likeness (QED) is 0.455. The smallest absolute Gasteiger partial charge is 0.0194 e. The average Bonchev–Trinajstić information content (AvgIpc) is 1.77. The summed E-state index contributed by atoms with van der Waals surface area (Å²) in [5.74, 6) is 0.469. The Morgan fingerprint density at radius 2 is 2.38 bits per heavy atom. The molecular weight excluding hydrogens is 100 g/mol. The minimum absolute atomic E-state index is 0.281. The van der Waals surface area contributed by atoms with Gasteiger partial charge in [0, 0.05) is 12.6 Å². The van der Waals surface area contributed by atoms with Gasteiger partial charge >= 0.3 is 0 Å².